The van der Waals surface area contributed by atoms with Crippen LogP contribution in [0.25, 0.3) is 10.9 Å². The van der Waals surface area contributed by atoms with Crippen LogP contribution in [0.5, 0.6) is 0 Å². The summed E-state index contributed by atoms with van der Waals surface area (Å²) in [5.74, 6) is 0.108. The molecule has 0 saturated carbocycles. The van der Waals surface area contributed by atoms with Gasteiger partial charge in [-0.05, 0) is 26.0 Å². The molecule has 0 aliphatic heterocycles. The van der Waals surface area contributed by atoms with Gasteiger partial charge in [0.25, 0.3) is 0 Å². The molecule has 0 unspecified atom stereocenters. The van der Waals surface area contributed by atoms with Crippen LogP contribution in [0.4, 0.5) is 5.69 Å². The van der Waals surface area contributed by atoms with Crippen molar-refractivity contribution in [2.24, 2.45) is 0 Å². The fraction of sp³-hybridized carbons (Fsp3) is 0.375. The van der Waals surface area contributed by atoms with Crippen molar-refractivity contribution in [2.75, 3.05) is 30.5 Å². The van der Waals surface area contributed by atoms with E-state index in [2.05, 4.69) is 10.3 Å². The maximum atomic E-state index is 12.1. The van der Waals surface area contributed by atoms with Crippen LogP contribution in [-0.4, -0.2) is 40.3 Å². The Morgan fingerprint density at radius 2 is 2.18 bits per heavy atom. The fourth-order valence-electron chi connectivity index (χ4n) is 2.18. The Hall–Kier alpha value is -1.95. The molecule has 0 radical (unpaired) electrons. The quantitative estimate of drug-likeness (QED) is 0.828. The molecule has 118 valence electrons. The number of hydrogen-bond acceptors (Lipinski definition) is 5. The number of carbonyl (C=O) groups excluding carboxylic acids is 1. The van der Waals surface area contributed by atoms with E-state index in [1.54, 1.807) is 13.2 Å². The Bertz CT molecular complexity index is 716. The molecule has 1 atom stereocenters. The van der Waals surface area contributed by atoms with E-state index >= 15 is 0 Å². The number of aromatic nitrogens is 1. The molecule has 0 bridgehead atoms. The van der Waals surface area contributed by atoms with E-state index in [4.69, 9.17) is 4.74 Å². The van der Waals surface area contributed by atoms with E-state index in [0.717, 1.165) is 16.5 Å². The van der Waals surface area contributed by atoms with Crippen LogP contribution in [-0.2, 0) is 15.5 Å². The lowest BCUT2D eigenvalue weighted by atomic mass is 10.1. The molecule has 1 heterocycles. The predicted molar refractivity (Wildman–Crippen MR) is 89.9 cm³/mol. The molecule has 1 aromatic heterocycles. The average Bonchev–Trinajstić information content (AvgIpc) is 2.47. The Kier molecular flexibility index (Phi) is 5.49. The number of nitrogens with zero attached hydrogens (tertiary/aromatic N) is 1. The molecule has 22 heavy (non-hydrogen) atoms. The van der Waals surface area contributed by atoms with Crippen LogP contribution in [0.1, 0.15) is 22.8 Å². The molecule has 0 aliphatic rings. The molecule has 0 spiro atoms. The number of benzene rings is 1. The number of fused-ring (bicyclic) bond motifs is 1. The first kappa shape index (κ1) is 16.4. The highest BCUT2D eigenvalue weighted by atomic mass is 32.2. The summed E-state index contributed by atoms with van der Waals surface area (Å²) in [5, 5.41) is 4.09. The molecule has 5 nitrogen and oxygen atoms in total. The van der Waals surface area contributed by atoms with Crippen LogP contribution in [0.3, 0.4) is 0 Å². The van der Waals surface area contributed by atoms with Crippen molar-refractivity contribution < 1.29 is 13.7 Å². The first-order valence-corrected chi connectivity index (χ1v) is 8.86. The van der Waals surface area contributed by atoms with Crippen LogP contribution in [0.2, 0.25) is 0 Å². The van der Waals surface area contributed by atoms with Crippen molar-refractivity contribution >= 4 is 33.4 Å². The third kappa shape index (κ3) is 3.82. The summed E-state index contributed by atoms with van der Waals surface area (Å²) < 4.78 is 16.3. The van der Waals surface area contributed by atoms with E-state index < -0.39 is 16.8 Å². The van der Waals surface area contributed by atoms with Gasteiger partial charge in [-0.1, -0.05) is 11.6 Å². The molecule has 2 rings (SSSR count). The lowest BCUT2D eigenvalue weighted by molar-refractivity contribution is 0.0527. The van der Waals surface area contributed by atoms with E-state index in [1.165, 1.54) is 6.20 Å². The van der Waals surface area contributed by atoms with Gasteiger partial charge in [0.15, 0.2) is 0 Å². The minimum atomic E-state index is -0.892. The van der Waals surface area contributed by atoms with Gasteiger partial charge in [-0.25, -0.2) is 4.79 Å². The number of aryl methyl sites for hydroxylation is 1. The van der Waals surface area contributed by atoms with Crippen molar-refractivity contribution in [1.29, 1.82) is 0 Å². The van der Waals surface area contributed by atoms with E-state index in [9.17, 15) is 9.00 Å². The maximum Gasteiger partial charge on any atom is 0.341 e. The molecule has 1 N–H and O–H groups in total. The van der Waals surface area contributed by atoms with Gasteiger partial charge in [0, 0.05) is 40.9 Å². The standard InChI is InChI=1S/C16H20N2O3S/c1-4-21-16(19)13-10-18-14-6-5-11(2)9-12(14)15(13)17-7-8-22(3)20/h5-6,9-10H,4,7-8H2,1-3H3,(H,17,18)/t22-/m0/s1. The van der Waals surface area contributed by atoms with E-state index in [0.29, 0.717) is 30.2 Å². The smallest absolute Gasteiger partial charge is 0.341 e. The highest BCUT2D eigenvalue weighted by Gasteiger charge is 2.16. The molecule has 0 aliphatic carbocycles. The Morgan fingerprint density at radius 3 is 2.86 bits per heavy atom. The van der Waals surface area contributed by atoms with Gasteiger partial charge >= 0.3 is 5.97 Å². The largest absolute Gasteiger partial charge is 0.462 e. The number of anilines is 1. The molecule has 0 saturated heterocycles. The van der Waals surface area contributed by atoms with Gasteiger partial charge in [0.2, 0.25) is 0 Å². The Morgan fingerprint density at radius 1 is 1.41 bits per heavy atom. The highest BCUT2D eigenvalue weighted by molar-refractivity contribution is 7.84. The summed E-state index contributed by atoms with van der Waals surface area (Å²) in [6, 6.07) is 5.88. The monoisotopic (exact) mass is 320 g/mol. The number of pyridine rings is 1. The Labute approximate surface area is 132 Å². The lowest BCUT2D eigenvalue weighted by Gasteiger charge is -2.14. The molecule has 6 heteroatoms. The van der Waals surface area contributed by atoms with Gasteiger partial charge < -0.3 is 10.1 Å². The van der Waals surface area contributed by atoms with Crippen LogP contribution < -0.4 is 5.32 Å². The number of hydrogen-bond donors (Lipinski definition) is 1. The van der Waals surface area contributed by atoms with Crippen LogP contribution in [0, 0.1) is 6.92 Å². The minimum Gasteiger partial charge on any atom is -0.462 e. The van der Waals surface area contributed by atoms with Gasteiger partial charge in [-0.3, -0.25) is 9.19 Å². The van der Waals surface area contributed by atoms with Gasteiger partial charge in [-0.2, -0.15) is 0 Å². The Balaban J connectivity index is 2.48. The number of rotatable bonds is 6. The third-order valence-electron chi connectivity index (χ3n) is 3.21. The molecular formula is C16H20N2O3S. The zero-order valence-corrected chi connectivity index (χ0v) is 13.8. The second-order valence-electron chi connectivity index (χ2n) is 4.99. The third-order valence-corrected chi connectivity index (χ3v) is 3.99. The summed E-state index contributed by atoms with van der Waals surface area (Å²) in [6.07, 6.45) is 3.18. The summed E-state index contributed by atoms with van der Waals surface area (Å²) in [7, 11) is -0.892. The molecule has 0 fully saturated rings. The first-order chi connectivity index (χ1) is 10.5. The second-order valence-corrected chi connectivity index (χ2v) is 6.55. The van der Waals surface area contributed by atoms with E-state index in [1.807, 2.05) is 25.1 Å². The number of carbonyl (C=O) groups is 1. The summed E-state index contributed by atoms with van der Waals surface area (Å²) in [5.41, 5.74) is 2.98. The maximum absolute atomic E-state index is 12.1. The second kappa shape index (κ2) is 7.35. The van der Waals surface area contributed by atoms with Gasteiger partial charge in [0.05, 0.1) is 17.8 Å². The minimum absolute atomic E-state index is 0.309. The molecule has 1 aromatic carbocycles. The number of ether oxygens (including phenoxy) is 1. The zero-order valence-electron chi connectivity index (χ0n) is 13.0. The highest BCUT2D eigenvalue weighted by Crippen LogP contribution is 2.27. The van der Waals surface area contributed by atoms with Crippen LogP contribution >= 0.6 is 0 Å². The zero-order chi connectivity index (χ0) is 16.1. The van der Waals surface area contributed by atoms with Crippen molar-refractivity contribution in [3.8, 4) is 0 Å². The topological polar surface area (TPSA) is 68.3 Å². The van der Waals surface area contributed by atoms with Gasteiger partial charge in [-0.15, -0.1) is 0 Å². The first-order valence-electron chi connectivity index (χ1n) is 7.13. The van der Waals surface area contributed by atoms with E-state index in [-0.39, 0.29) is 0 Å². The van der Waals surface area contributed by atoms with Crippen molar-refractivity contribution in [1.82, 2.24) is 4.98 Å². The van der Waals surface area contributed by atoms with Crippen molar-refractivity contribution in [3.63, 3.8) is 0 Å². The van der Waals surface area contributed by atoms with Crippen LogP contribution in [0.15, 0.2) is 24.4 Å². The number of esters is 1. The average molecular weight is 320 g/mol. The SMILES string of the molecule is CCOC(=O)c1cnc2ccc(C)cc2c1NCC[S@](C)=O. The molecule has 2 aromatic rings. The normalized spacial score (nSPS) is 12.1. The fourth-order valence-corrected chi connectivity index (χ4v) is 2.57. The lowest BCUT2D eigenvalue weighted by Crippen LogP contribution is -2.15. The number of nitrogens with one attached hydrogen (secondary N) is 1. The summed E-state index contributed by atoms with van der Waals surface area (Å²) >= 11 is 0. The van der Waals surface area contributed by atoms with Gasteiger partial charge in [0.1, 0.15) is 5.56 Å². The summed E-state index contributed by atoms with van der Waals surface area (Å²) in [4.78, 5) is 16.5. The van der Waals surface area contributed by atoms with Crippen molar-refractivity contribution in [2.45, 2.75) is 13.8 Å². The molecular weight excluding hydrogens is 300 g/mol. The predicted octanol–water partition coefficient (Wildman–Crippen LogP) is 2.51. The molecule has 0 amide bonds. The summed E-state index contributed by atoms with van der Waals surface area (Å²) in [6.45, 7) is 4.58. The van der Waals surface area contributed by atoms with Crippen molar-refractivity contribution in [3.05, 3.63) is 35.5 Å².